The Balaban J connectivity index is 1.40. The van der Waals surface area contributed by atoms with Gasteiger partial charge in [-0.2, -0.15) is 0 Å². The van der Waals surface area contributed by atoms with Gasteiger partial charge < -0.3 is 10.1 Å². The fraction of sp³-hybridized carbons (Fsp3) is 0.667. The quantitative estimate of drug-likeness (QED) is 0.836. The molecule has 2 fully saturated rings. The molecule has 1 aromatic heterocycles. The molecule has 1 aliphatic heterocycles. The molecule has 1 aromatic rings. The van der Waals surface area contributed by atoms with Gasteiger partial charge in [0, 0.05) is 37.3 Å². The number of carbonyl (C=O) groups is 1. The van der Waals surface area contributed by atoms with Crippen molar-refractivity contribution < 1.29 is 17.9 Å². The van der Waals surface area contributed by atoms with Crippen molar-refractivity contribution in [3.05, 3.63) is 24.4 Å². The van der Waals surface area contributed by atoms with Crippen LogP contribution in [0.25, 0.3) is 0 Å². The van der Waals surface area contributed by atoms with E-state index in [1.54, 1.807) is 6.20 Å². The minimum Gasteiger partial charge on any atom is -0.474 e. The minimum absolute atomic E-state index is 0.0623. The third-order valence-electron chi connectivity index (χ3n) is 5.24. The normalized spacial score (nSPS) is 25.6. The molecule has 1 amide bonds. The summed E-state index contributed by atoms with van der Waals surface area (Å²) in [5.41, 5.74) is 0. The number of piperidine rings is 1. The third-order valence-corrected chi connectivity index (χ3v) is 6.54. The van der Waals surface area contributed by atoms with Gasteiger partial charge in [-0.05, 0) is 44.6 Å². The van der Waals surface area contributed by atoms with Gasteiger partial charge in [-0.25, -0.2) is 17.7 Å². The number of hydrogen-bond acceptors (Lipinski definition) is 5. The number of hydrogen-bond donors (Lipinski definition) is 1. The van der Waals surface area contributed by atoms with Crippen molar-refractivity contribution in [1.82, 2.24) is 14.6 Å². The first-order valence-electron chi connectivity index (χ1n) is 9.25. The summed E-state index contributed by atoms with van der Waals surface area (Å²) in [5, 5.41) is 3.15. The number of nitrogens with one attached hydrogen (secondary N) is 1. The van der Waals surface area contributed by atoms with E-state index >= 15 is 0 Å². The van der Waals surface area contributed by atoms with Crippen LogP contribution in [0.4, 0.5) is 0 Å². The molecule has 3 rings (SSSR count). The Bertz CT molecular complexity index is 694. The van der Waals surface area contributed by atoms with E-state index in [-0.39, 0.29) is 24.0 Å². The van der Waals surface area contributed by atoms with Crippen LogP contribution >= 0.6 is 0 Å². The molecule has 1 saturated heterocycles. The number of nitrogens with zero attached hydrogens (tertiary/aromatic N) is 2. The van der Waals surface area contributed by atoms with Gasteiger partial charge in [0.1, 0.15) is 6.10 Å². The lowest BCUT2D eigenvalue weighted by Gasteiger charge is -2.32. The molecule has 1 aliphatic carbocycles. The molecular weight excluding hydrogens is 354 g/mol. The van der Waals surface area contributed by atoms with E-state index in [1.807, 2.05) is 18.2 Å². The number of pyridine rings is 1. The van der Waals surface area contributed by atoms with Crippen molar-refractivity contribution in [2.75, 3.05) is 19.3 Å². The van der Waals surface area contributed by atoms with Crippen LogP contribution in [0.15, 0.2) is 24.4 Å². The minimum atomic E-state index is -3.15. The zero-order valence-corrected chi connectivity index (χ0v) is 16.0. The molecule has 0 bridgehead atoms. The highest BCUT2D eigenvalue weighted by molar-refractivity contribution is 7.88. The van der Waals surface area contributed by atoms with Crippen LogP contribution in [-0.4, -0.2) is 55.1 Å². The van der Waals surface area contributed by atoms with Gasteiger partial charge in [-0.3, -0.25) is 4.79 Å². The first kappa shape index (κ1) is 19.1. The number of ether oxygens (including phenoxy) is 1. The number of aromatic nitrogens is 1. The predicted octanol–water partition coefficient (Wildman–Crippen LogP) is 1.56. The molecule has 2 heterocycles. The lowest BCUT2D eigenvalue weighted by atomic mass is 9.91. The van der Waals surface area contributed by atoms with Gasteiger partial charge in [0.05, 0.1) is 6.26 Å². The van der Waals surface area contributed by atoms with Crippen LogP contribution in [0, 0.1) is 5.92 Å². The smallest absolute Gasteiger partial charge is 0.223 e. The Kier molecular flexibility index (Phi) is 6.13. The van der Waals surface area contributed by atoms with Gasteiger partial charge in [-0.1, -0.05) is 6.07 Å². The average Bonchev–Trinajstić information content (AvgIpc) is 2.63. The van der Waals surface area contributed by atoms with Crippen LogP contribution in [0.5, 0.6) is 5.88 Å². The largest absolute Gasteiger partial charge is 0.474 e. The van der Waals surface area contributed by atoms with Crippen LogP contribution in [-0.2, 0) is 14.8 Å². The number of rotatable bonds is 5. The molecule has 0 spiro atoms. The fourth-order valence-electron chi connectivity index (χ4n) is 3.68. The van der Waals surface area contributed by atoms with E-state index in [1.165, 1.54) is 10.6 Å². The second-order valence-corrected chi connectivity index (χ2v) is 9.19. The second-order valence-electron chi connectivity index (χ2n) is 7.20. The molecule has 26 heavy (non-hydrogen) atoms. The number of carbonyl (C=O) groups excluding carboxylic acids is 1. The maximum atomic E-state index is 12.5. The van der Waals surface area contributed by atoms with Crippen molar-refractivity contribution in [3.8, 4) is 5.88 Å². The molecule has 144 valence electrons. The van der Waals surface area contributed by atoms with E-state index < -0.39 is 10.0 Å². The van der Waals surface area contributed by atoms with E-state index in [0.29, 0.717) is 31.8 Å². The highest BCUT2D eigenvalue weighted by Gasteiger charge is 2.31. The highest BCUT2D eigenvalue weighted by atomic mass is 32.2. The molecule has 0 atom stereocenters. The molecule has 7 nitrogen and oxygen atoms in total. The third kappa shape index (κ3) is 5.17. The van der Waals surface area contributed by atoms with Crippen molar-refractivity contribution in [3.63, 3.8) is 0 Å². The van der Waals surface area contributed by atoms with Crippen LogP contribution in [0.2, 0.25) is 0 Å². The summed E-state index contributed by atoms with van der Waals surface area (Å²) in [7, 11) is -3.15. The van der Waals surface area contributed by atoms with Crippen LogP contribution in [0.1, 0.15) is 38.5 Å². The summed E-state index contributed by atoms with van der Waals surface area (Å²) in [6, 6.07) is 5.80. The van der Waals surface area contributed by atoms with Crippen molar-refractivity contribution in [2.24, 2.45) is 5.92 Å². The van der Waals surface area contributed by atoms with Crippen LogP contribution < -0.4 is 10.1 Å². The molecule has 8 heteroatoms. The van der Waals surface area contributed by atoms with Gasteiger partial charge in [0.15, 0.2) is 0 Å². The molecule has 1 saturated carbocycles. The maximum absolute atomic E-state index is 12.5. The fourth-order valence-corrected chi connectivity index (χ4v) is 4.56. The Labute approximate surface area is 155 Å². The maximum Gasteiger partial charge on any atom is 0.223 e. The average molecular weight is 381 g/mol. The Morgan fingerprint density at radius 1 is 1.15 bits per heavy atom. The topological polar surface area (TPSA) is 88.6 Å². The lowest BCUT2D eigenvalue weighted by molar-refractivity contribution is -0.127. The molecule has 2 aliphatic rings. The molecule has 1 N–H and O–H groups in total. The zero-order chi connectivity index (χ0) is 18.6. The first-order chi connectivity index (χ1) is 12.4. The Morgan fingerprint density at radius 3 is 2.42 bits per heavy atom. The van der Waals surface area contributed by atoms with Gasteiger partial charge >= 0.3 is 0 Å². The summed E-state index contributed by atoms with van der Waals surface area (Å²) in [5.74, 6) is 0.625. The SMILES string of the molecule is CS(=O)(=O)N1CCC(C(=O)NC2CCC(Oc3ccccn3)CC2)CC1. The summed E-state index contributed by atoms with van der Waals surface area (Å²) < 4.78 is 30.4. The summed E-state index contributed by atoms with van der Waals surface area (Å²) in [6.45, 7) is 0.864. The Hall–Kier alpha value is -1.67. The lowest BCUT2D eigenvalue weighted by Crippen LogP contribution is -2.46. The molecular formula is C18H27N3O4S. The summed E-state index contributed by atoms with van der Waals surface area (Å²) in [4.78, 5) is 16.7. The second kappa shape index (κ2) is 8.35. The van der Waals surface area contributed by atoms with Gasteiger partial charge in [0.25, 0.3) is 0 Å². The predicted molar refractivity (Wildman–Crippen MR) is 98.2 cm³/mol. The molecule has 0 radical (unpaired) electrons. The van der Waals surface area contributed by atoms with Gasteiger partial charge in [0.2, 0.25) is 21.8 Å². The van der Waals surface area contributed by atoms with E-state index in [0.717, 1.165) is 25.7 Å². The van der Waals surface area contributed by atoms with Crippen molar-refractivity contribution in [2.45, 2.75) is 50.7 Å². The van der Waals surface area contributed by atoms with Crippen molar-refractivity contribution >= 4 is 15.9 Å². The Morgan fingerprint density at radius 2 is 1.85 bits per heavy atom. The zero-order valence-electron chi connectivity index (χ0n) is 15.1. The monoisotopic (exact) mass is 381 g/mol. The summed E-state index contributed by atoms with van der Waals surface area (Å²) >= 11 is 0. The standard InChI is InChI=1S/C18H27N3O4S/c1-26(23,24)21-12-9-14(10-13-21)18(22)20-15-5-7-16(8-6-15)25-17-4-2-3-11-19-17/h2-4,11,14-16H,5-10,12-13H2,1H3,(H,20,22). The van der Waals surface area contributed by atoms with Crippen LogP contribution in [0.3, 0.4) is 0 Å². The highest BCUT2D eigenvalue weighted by Crippen LogP contribution is 2.24. The van der Waals surface area contributed by atoms with Crippen molar-refractivity contribution in [1.29, 1.82) is 0 Å². The van der Waals surface area contributed by atoms with E-state index in [9.17, 15) is 13.2 Å². The summed E-state index contributed by atoms with van der Waals surface area (Å²) in [6.07, 6.45) is 7.86. The number of amides is 1. The first-order valence-corrected chi connectivity index (χ1v) is 11.1. The van der Waals surface area contributed by atoms with Gasteiger partial charge in [-0.15, -0.1) is 0 Å². The van der Waals surface area contributed by atoms with E-state index in [2.05, 4.69) is 10.3 Å². The van der Waals surface area contributed by atoms with E-state index in [4.69, 9.17) is 4.74 Å². The molecule has 0 unspecified atom stereocenters. The molecule has 0 aromatic carbocycles. The number of sulfonamides is 1.